The van der Waals surface area contributed by atoms with Crippen LogP contribution in [0.25, 0.3) is 0 Å². The van der Waals surface area contributed by atoms with Crippen molar-refractivity contribution < 1.29 is 5.11 Å². The van der Waals surface area contributed by atoms with Gasteiger partial charge in [0.25, 0.3) is 0 Å². The lowest BCUT2D eigenvalue weighted by atomic mass is 9.97. The molecule has 0 aliphatic rings. The molecule has 0 bridgehead atoms. The second-order valence-corrected chi connectivity index (χ2v) is 5.11. The SMILES string of the molecule is Cc1cccc(CNC(C)(C)C(C)O)c1C. The van der Waals surface area contributed by atoms with Gasteiger partial charge in [0.1, 0.15) is 0 Å². The van der Waals surface area contributed by atoms with E-state index in [1.54, 1.807) is 0 Å². The molecule has 1 aromatic carbocycles. The van der Waals surface area contributed by atoms with E-state index in [-0.39, 0.29) is 11.6 Å². The van der Waals surface area contributed by atoms with Gasteiger partial charge in [-0.2, -0.15) is 0 Å². The minimum absolute atomic E-state index is 0.254. The maximum Gasteiger partial charge on any atom is 0.0688 e. The molecule has 16 heavy (non-hydrogen) atoms. The summed E-state index contributed by atoms with van der Waals surface area (Å²) in [7, 11) is 0. The average Bonchev–Trinajstić information content (AvgIpc) is 2.20. The van der Waals surface area contributed by atoms with Crippen LogP contribution in [0.5, 0.6) is 0 Å². The molecular formula is C14H23NO. The molecule has 1 unspecified atom stereocenters. The second-order valence-electron chi connectivity index (χ2n) is 5.11. The first-order valence-electron chi connectivity index (χ1n) is 5.83. The van der Waals surface area contributed by atoms with Gasteiger partial charge in [0.2, 0.25) is 0 Å². The van der Waals surface area contributed by atoms with Crippen LogP contribution >= 0.6 is 0 Å². The van der Waals surface area contributed by atoms with Crippen LogP contribution in [0, 0.1) is 13.8 Å². The first-order valence-corrected chi connectivity index (χ1v) is 5.83. The molecule has 0 aromatic heterocycles. The van der Waals surface area contributed by atoms with Crippen LogP contribution in [0.15, 0.2) is 18.2 Å². The Kier molecular flexibility index (Phi) is 4.11. The molecule has 0 radical (unpaired) electrons. The Labute approximate surface area is 98.7 Å². The lowest BCUT2D eigenvalue weighted by Crippen LogP contribution is -2.47. The topological polar surface area (TPSA) is 32.3 Å². The van der Waals surface area contributed by atoms with Crippen molar-refractivity contribution in [2.24, 2.45) is 0 Å². The number of aliphatic hydroxyl groups excluding tert-OH is 1. The Balaban J connectivity index is 2.72. The number of nitrogens with one attached hydrogen (secondary N) is 1. The first-order chi connectivity index (χ1) is 7.34. The standard InChI is InChI=1S/C14H23NO/c1-10-7-6-8-13(11(10)2)9-15-14(4,5)12(3)16/h6-8,12,15-16H,9H2,1-5H3. The highest BCUT2D eigenvalue weighted by atomic mass is 16.3. The van der Waals surface area contributed by atoms with Gasteiger partial charge in [-0.3, -0.25) is 0 Å². The summed E-state index contributed by atoms with van der Waals surface area (Å²) in [5, 5.41) is 13.0. The lowest BCUT2D eigenvalue weighted by molar-refractivity contribution is 0.0956. The highest BCUT2D eigenvalue weighted by Crippen LogP contribution is 2.15. The van der Waals surface area contributed by atoms with Crippen molar-refractivity contribution in [1.82, 2.24) is 5.32 Å². The van der Waals surface area contributed by atoms with Gasteiger partial charge in [0.15, 0.2) is 0 Å². The molecule has 0 amide bonds. The summed E-state index contributed by atoms with van der Waals surface area (Å²) in [5.74, 6) is 0. The second kappa shape index (κ2) is 4.98. The summed E-state index contributed by atoms with van der Waals surface area (Å²) >= 11 is 0. The number of benzene rings is 1. The number of aryl methyl sites for hydroxylation is 1. The van der Waals surface area contributed by atoms with Gasteiger partial charge in [-0.1, -0.05) is 18.2 Å². The smallest absolute Gasteiger partial charge is 0.0688 e. The first kappa shape index (κ1) is 13.2. The van der Waals surface area contributed by atoms with Crippen LogP contribution < -0.4 is 5.32 Å². The zero-order chi connectivity index (χ0) is 12.3. The fraction of sp³-hybridized carbons (Fsp3) is 0.571. The summed E-state index contributed by atoms with van der Waals surface area (Å²) in [4.78, 5) is 0. The third-order valence-corrected chi connectivity index (χ3v) is 3.50. The van der Waals surface area contributed by atoms with Gasteiger partial charge < -0.3 is 10.4 Å². The summed E-state index contributed by atoms with van der Waals surface area (Å²) in [6.07, 6.45) is -0.363. The molecule has 1 aromatic rings. The van der Waals surface area contributed by atoms with E-state index in [2.05, 4.69) is 37.4 Å². The molecule has 0 saturated carbocycles. The van der Waals surface area contributed by atoms with Crippen LogP contribution in [-0.4, -0.2) is 16.7 Å². The Morgan fingerprint density at radius 2 is 1.94 bits per heavy atom. The van der Waals surface area contributed by atoms with Crippen molar-refractivity contribution in [2.45, 2.75) is 52.8 Å². The monoisotopic (exact) mass is 221 g/mol. The molecule has 0 aliphatic carbocycles. The maximum atomic E-state index is 9.62. The summed E-state index contributed by atoms with van der Waals surface area (Å²) in [6.45, 7) is 10.9. The lowest BCUT2D eigenvalue weighted by Gasteiger charge is -2.30. The zero-order valence-corrected chi connectivity index (χ0v) is 11.0. The Hall–Kier alpha value is -0.860. The van der Waals surface area contributed by atoms with E-state index in [0.29, 0.717) is 0 Å². The van der Waals surface area contributed by atoms with E-state index in [1.165, 1.54) is 16.7 Å². The van der Waals surface area contributed by atoms with Crippen molar-refractivity contribution in [3.8, 4) is 0 Å². The fourth-order valence-electron chi connectivity index (χ4n) is 1.47. The van der Waals surface area contributed by atoms with Gasteiger partial charge in [0.05, 0.1) is 6.10 Å². The molecule has 0 spiro atoms. The Morgan fingerprint density at radius 1 is 1.31 bits per heavy atom. The van der Waals surface area contributed by atoms with Crippen molar-refractivity contribution >= 4 is 0 Å². The normalized spacial score (nSPS) is 13.9. The summed E-state index contributed by atoms with van der Waals surface area (Å²) < 4.78 is 0. The van der Waals surface area contributed by atoms with Gasteiger partial charge >= 0.3 is 0 Å². The molecule has 2 N–H and O–H groups in total. The molecule has 90 valence electrons. The Morgan fingerprint density at radius 3 is 2.50 bits per heavy atom. The van der Waals surface area contributed by atoms with Crippen molar-refractivity contribution in [3.05, 3.63) is 34.9 Å². The van der Waals surface area contributed by atoms with E-state index >= 15 is 0 Å². The van der Waals surface area contributed by atoms with Crippen LogP contribution in [0.4, 0.5) is 0 Å². The number of aliphatic hydroxyl groups is 1. The van der Waals surface area contributed by atoms with Crippen molar-refractivity contribution in [1.29, 1.82) is 0 Å². The number of hydrogen-bond acceptors (Lipinski definition) is 2. The third kappa shape index (κ3) is 3.06. The fourth-order valence-corrected chi connectivity index (χ4v) is 1.47. The minimum atomic E-state index is -0.363. The van der Waals surface area contributed by atoms with Gasteiger partial charge in [0, 0.05) is 12.1 Å². The summed E-state index contributed by atoms with van der Waals surface area (Å²) in [6, 6.07) is 6.33. The predicted octanol–water partition coefficient (Wildman–Crippen LogP) is 2.55. The molecule has 1 rings (SSSR count). The molecule has 0 aliphatic heterocycles. The quantitative estimate of drug-likeness (QED) is 0.819. The molecule has 2 heteroatoms. The molecule has 0 heterocycles. The Bertz CT molecular complexity index is 356. The van der Waals surface area contributed by atoms with E-state index < -0.39 is 0 Å². The molecule has 1 atom stereocenters. The minimum Gasteiger partial charge on any atom is -0.392 e. The predicted molar refractivity (Wildman–Crippen MR) is 68.5 cm³/mol. The molecule has 2 nitrogen and oxygen atoms in total. The molecular weight excluding hydrogens is 198 g/mol. The largest absolute Gasteiger partial charge is 0.392 e. The molecule has 0 saturated heterocycles. The maximum absolute atomic E-state index is 9.62. The van der Waals surface area contributed by atoms with Gasteiger partial charge in [-0.05, 0) is 51.3 Å². The van der Waals surface area contributed by atoms with Crippen molar-refractivity contribution in [3.63, 3.8) is 0 Å². The number of rotatable bonds is 4. The van der Waals surface area contributed by atoms with Crippen LogP contribution in [0.1, 0.15) is 37.5 Å². The molecule has 0 fully saturated rings. The van der Waals surface area contributed by atoms with E-state index in [4.69, 9.17) is 0 Å². The zero-order valence-electron chi connectivity index (χ0n) is 11.0. The van der Waals surface area contributed by atoms with Crippen LogP contribution in [0.2, 0.25) is 0 Å². The number of hydrogen-bond donors (Lipinski definition) is 2. The summed E-state index contributed by atoms with van der Waals surface area (Å²) in [5.41, 5.74) is 3.69. The van der Waals surface area contributed by atoms with Gasteiger partial charge in [-0.25, -0.2) is 0 Å². The van der Waals surface area contributed by atoms with E-state index in [9.17, 15) is 5.11 Å². The van der Waals surface area contributed by atoms with Gasteiger partial charge in [-0.15, -0.1) is 0 Å². The highest BCUT2D eigenvalue weighted by molar-refractivity contribution is 5.33. The highest BCUT2D eigenvalue weighted by Gasteiger charge is 2.23. The van der Waals surface area contributed by atoms with E-state index in [1.807, 2.05) is 20.8 Å². The third-order valence-electron chi connectivity index (χ3n) is 3.50. The van der Waals surface area contributed by atoms with Crippen LogP contribution in [0.3, 0.4) is 0 Å². The van der Waals surface area contributed by atoms with Crippen LogP contribution in [-0.2, 0) is 6.54 Å². The van der Waals surface area contributed by atoms with E-state index in [0.717, 1.165) is 6.54 Å². The average molecular weight is 221 g/mol. The van der Waals surface area contributed by atoms with Crippen molar-refractivity contribution in [2.75, 3.05) is 0 Å².